The molecule has 0 fully saturated rings. The molecule has 0 radical (unpaired) electrons. The van der Waals surface area contributed by atoms with E-state index in [1.807, 2.05) is 145 Å². The van der Waals surface area contributed by atoms with Gasteiger partial charge in [0, 0.05) is 70.8 Å². The van der Waals surface area contributed by atoms with E-state index in [9.17, 15) is 0 Å². The van der Waals surface area contributed by atoms with Gasteiger partial charge in [0.2, 0.25) is 17.1 Å². The van der Waals surface area contributed by atoms with Gasteiger partial charge in [-0.15, -0.1) is 11.3 Å². The molecule has 14 aromatic heterocycles. The quantitative estimate of drug-likeness (QED) is 0.167. The van der Waals surface area contributed by atoms with Crippen LogP contribution in [0.5, 0.6) is 0 Å². The minimum absolute atomic E-state index is 0.640. The number of aryl methyl sites for hydroxylation is 18. The highest BCUT2D eigenvalue weighted by molar-refractivity contribution is 7.18. The molecule has 24 rings (SSSR count). The van der Waals surface area contributed by atoms with Crippen molar-refractivity contribution in [2.75, 3.05) is 0 Å². The van der Waals surface area contributed by atoms with E-state index in [2.05, 4.69) is 232 Å². The predicted octanol–water partition coefficient (Wildman–Crippen LogP) is 32.5. The Kier molecular flexibility index (Phi) is 20.4. The minimum atomic E-state index is 0.640. The predicted molar refractivity (Wildman–Crippen MR) is 503 cm³/mol. The topological polar surface area (TPSA) is 146 Å². The zero-order chi connectivity index (χ0) is 85.1. The van der Waals surface area contributed by atoms with Crippen LogP contribution in [0.1, 0.15) is 112 Å². The third-order valence-corrected chi connectivity index (χ3v) is 25.9. The van der Waals surface area contributed by atoms with Crippen LogP contribution in [-0.2, 0) is 0 Å². The zero-order valence-electron chi connectivity index (χ0n) is 72.7. The Bertz CT molecular complexity index is 7700. The van der Waals surface area contributed by atoms with Gasteiger partial charge in [0.05, 0.1) is 54.9 Å². The number of furan rings is 10. The minimum Gasteiger partial charge on any atom is -0.457 e. The standard InChI is InChI=1S/3C20H19NO.3C12H10O2.C12H10OS/c1-12-8-7-9-13(2)19(12)21-17-11-6-5-10-16(17)18-14(3)15(4)22-20(18)21;2*1-12-8-7-9-13(2)19(12)21-15(4)14(3)18-16-10-5-6-11-17(16)22-20(18)21;2*1-7-8(2)13-12-9-5-3-4-6-10(9)14-11(7)12;1-7-8(2)13-12-11(7)9-5-3-4-6-10(9)14-12;1-7-8(2)14-12-11(7)9-5-3-4-6-10(9)13-12/h3*5-11H,1-4H3;4*3-6H,1-2H3. The number of aromatic nitrogens is 3. The molecule has 0 atom stereocenters. The highest BCUT2D eigenvalue weighted by Crippen LogP contribution is 2.45. The third kappa shape index (κ3) is 13.3. The Morgan fingerprint density at radius 2 is 0.525 bits per heavy atom. The Hall–Kier alpha value is -13.8. The first-order valence-corrected chi connectivity index (χ1v) is 42.3. The fraction of sp³-hybridized carbons (Fsp3) is 0.185. The molecule has 10 aromatic carbocycles. The summed E-state index contributed by atoms with van der Waals surface area (Å²) in [6.45, 7) is 42.1. The summed E-state index contributed by atoms with van der Waals surface area (Å²) in [6.07, 6.45) is 0. The number of nitrogens with zero attached hydrogens (tertiary/aromatic N) is 3. The van der Waals surface area contributed by atoms with Gasteiger partial charge >= 0.3 is 0 Å². The molecule has 14 heteroatoms. The number of benzene rings is 10. The summed E-state index contributed by atoms with van der Waals surface area (Å²) in [6, 6.07) is 76.4. The summed E-state index contributed by atoms with van der Waals surface area (Å²) >= 11 is 1.74. The van der Waals surface area contributed by atoms with Gasteiger partial charge in [-0.05, 0) is 243 Å². The Morgan fingerprint density at radius 3 is 0.959 bits per heavy atom. The smallest absolute Gasteiger partial charge is 0.298 e. The van der Waals surface area contributed by atoms with Gasteiger partial charge in [-0.2, -0.15) is 0 Å². The van der Waals surface area contributed by atoms with Gasteiger partial charge in [0.25, 0.3) is 5.78 Å². The van der Waals surface area contributed by atoms with E-state index in [0.717, 1.165) is 134 Å². The SMILES string of the molecule is Cc1cccc(C)c1-n1c(C)c(C)c2c3ccccc3oc21.Cc1cccc(C)c1-n1c(C)c(C)c2c3ccccc3oc21.Cc1cccc(C)c1-n1c2ccccc2c2c(C)c(C)oc21.Cc1oc2c(oc3ccccc32)c1C.Cc1oc2c(oc3ccccc32)c1C.Cc1oc2oc3ccccc3c2c1C.Cc1sc2oc3ccccc3c2c1C. The van der Waals surface area contributed by atoms with E-state index >= 15 is 0 Å². The zero-order valence-corrected chi connectivity index (χ0v) is 73.5. The van der Waals surface area contributed by atoms with Gasteiger partial charge in [-0.25, -0.2) is 0 Å². The van der Waals surface area contributed by atoms with Crippen LogP contribution >= 0.6 is 11.3 Å². The molecule has 122 heavy (non-hydrogen) atoms. The highest BCUT2D eigenvalue weighted by Gasteiger charge is 2.26. The summed E-state index contributed by atoms with van der Waals surface area (Å²) in [5.41, 5.74) is 35.4. The van der Waals surface area contributed by atoms with Crippen LogP contribution in [0.2, 0.25) is 0 Å². The van der Waals surface area contributed by atoms with Crippen LogP contribution in [0.4, 0.5) is 0 Å². The number of para-hydroxylation sites is 10. The lowest BCUT2D eigenvalue weighted by atomic mass is 10.1. The molecule has 610 valence electrons. The maximum absolute atomic E-state index is 6.21. The monoisotopic (exact) mass is 1630 g/mol. The first-order chi connectivity index (χ1) is 58.9. The maximum Gasteiger partial charge on any atom is 0.298 e. The van der Waals surface area contributed by atoms with E-state index in [0.29, 0.717) is 5.78 Å². The van der Waals surface area contributed by atoms with E-state index in [-0.39, 0.29) is 0 Å². The van der Waals surface area contributed by atoms with Crippen molar-refractivity contribution >= 4 is 165 Å². The maximum atomic E-state index is 6.21. The summed E-state index contributed by atoms with van der Waals surface area (Å²) < 4.78 is 65.0. The second kappa shape index (κ2) is 31.4. The average Bonchev–Trinajstić information content (AvgIpc) is 1.72. The fourth-order valence-electron chi connectivity index (χ4n) is 17.6. The molecule has 0 spiro atoms. The summed E-state index contributed by atoms with van der Waals surface area (Å²) in [7, 11) is 0. The summed E-state index contributed by atoms with van der Waals surface area (Å²) in [4.78, 5) is 2.41. The Morgan fingerprint density at radius 1 is 0.213 bits per heavy atom. The largest absolute Gasteiger partial charge is 0.457 e. The van der Waals surface area contributed by atoms with Gasteiger partial charge in [0.1, 0.15) is 56.5 Å². The van der Waals surface area contributed by atoms with E-state index in [1.165, 1.54) is 143 Å². The normalized spacial score (nSPS) is 11.6. The van der Waals surface area contributed by atoms with E-state index < -0.39 is 0 Å². The lowest BCUT2D eigenvalue weighted by molar-refractivity contribution is 0.479. The van der Waals surface area contributed by atoms with Crippen molar-refractivity contribution in [1.82, 2.24) is 13.7 Å². The van der Waals surface area contributed by atoms with Crippen LogP contribution < -0.4 is 0 Å². The molecule has 0 aliphatic rings. The van der Waals surface area contributed by atoms with Crippen molar-refractivity contribution in [2.24, 2.45) is 0 Å². The first kappa shape index (κ1) is 79.3. The van der Waals surface area contributed by atoms with Crippen molar-refractivity contribution in [1.29, 1.82) is 0 Å². The molecule has 0 N–H and O–H groups in total. The summed E-state index contributed by atoms with van der Waals surface area (Å²) in [5.74, 6) is 4.44. The number of thiophene rings is 1. The molecular weight excluding hydrogens is 1530 g/mol. The number of fused-ring (bicyclic) bond motifs is 21. The molecule has 0 saturated carbocycles. The van der Waals surface area contributed by atoms with Crippen molar-refractivity contribution in [3.05, 3.63) is 336 Å². The lowest BCUT2D eigenvalue weighted by Gasteiger charge is -2.13. The van der Waals surface area contributed by atoms with Gasteiger partial charge in [-0.3, -0.25) is 13.7 Å². The van der Waals surface area contributed by atoms with Crippen molar-refractivity contribution in [2.45, 2.75) is 138 Å². The van der Waals surface area contributed by atoms with Crippen LogP contribution in [0, 0.1) is 138 Å². The second-order valence-electron chi connectivity index (χ2n) is 32.4. The fourth-order valence-corrected chi connectivity index (χ4v) is 18.6. The number of hydrogen-bond acceptors (Lipinski definition) is 11. The third-order valence-electron chi connectivity index (χ3n) is 24.8. The molecule has 0 saturated heterocycles. The van der Waals surface area contributed by atoms with Crippen molar-refractivity contribution in [3.8, 4) is 17.1 Å². The number of rotatable bonds is 3. The van der Waals surface area contributed by atoms with Crippen LogP contribution in [0.25, 0.3) is 171 Å². The van der Waals surface area contributed by atoms with E-state index in [1.54, 1.807) is 11.3 Å². The van der Waals surface area contributed by atoms with E-state index in [4.69, 9.17) is 44.2 Å². The average molecular weight is 1630 g/mol. The molecular formula is C108H97N3O10S. The molecule has 13 nitrogen and oxygen atoms in total. The Balaban J connectivity index is 0.0000000982. The lowest BCUT2D eigenvalue weighted by Crippen LogP contribution is -2.01. The molecule has 24 aromatic rings. The molecule has 0 amide bonds. The molecule has 0 aliphatic heterocycles. The Labute approximate surface area is 710 Å². The van der Waals surface area contributed by atoms with Crippen LogP contribution in [-0.4, -0.2) is 13.7 Å². The highest BCUT2D eigenvalue weighted by atomic mass is 32.1. The summed E-state index contributed by atoms with van der Waals surface area (Å²) in [5, 5.41) is 14.2. The number of hydrogen-bond donors (Lipinski definition) is 0. The second-order valence-corrected chi connectivity index (χ2v) is 33.5. The molecule has 0 unspecified atom stereocenters. The van der Waals surface area contributed by atoms with Gasteiger partial charge in [0.15, 0.2) is 27.2 Å². The van der Waals surface area contributed by atoms with Gasteiger partial charge in [-0.1, -0.05) is 170 Å². The van der Waals surface area contributed by atoms with Crippen molar-refractivity contribution in [3.63, 3.8) is 0 Å². The van der Waals surface area contributed by atoms with Gasteiger partial charge < -0.3 is 44.2 Å². The van der Waals surface area contributed by atoms with Crippen LogP contribution in [0.3, 0.4) is 0 Å². The molecule has 0 bridgehead atoms. The molecule has 0 aliphatic carbocycles. The first-order valence-electron chi connectivity index (χ1n) is 41.5. The van der Waals surface area contributed by atoms with Crippen LogP contribution in [0.15, 0.2) is 269 Å². The van der Waals surface area contributed by atoms with Crippen molar-refractivity contribution < 1.29 is 44.2 Å². The molecule has 14 heterocycles.